The molecule has 1 aliphatic carbocycles. The highest BCUT2D eigenvalue weighted by Gasteiger charge is 2.24. The number of fused-ring (bicyclic) bond motifs is 16. The van der Waals surface area contributed by atoms with Gasteiger partial charge in [0.05, 0.1) is 0 Å². The Morgan fingerprint density at radius 1 is 0.175 bits per heavy atom. The van der Waals surface area contributed by atoms with Crippen LogP contribution in [0.3, 0.4) is 0 Å². The van der Waals surface area contributed by atoms with E-state index in [0.29, 0.717) is 134 Å². The highest BCUT2D eigenvalue weighted by atomic mass is 35.5. The zero-order chi connectivity index (χ0) is 57.1. The first-order chi connectivity index (χ1) is 38.5. The number of benzene rings is 8. The number of alkyl halides is 8. The molecule has 0 saturated heterocycles. The average Bonchev–Trinajstić information content (AvgIpc) is 3.53. The van der Waals surface area contributed by atoms with Crippen LogP contribution in [0.5, 0.6) is 46.0 Å². The van der Waals surface area contributed by atoms with Gasteiger partial charge in [-0.1, -0.05) is 97.1 Å². The van der Waals surface area contributed by atoms with E-state index in [2.05, 4.69) is 0 Å². The summed E-state index contributed by atoms with van der Waals surface area (Å²) in [4.78, 5) is 0. The molecule has 16 bridgehead atoms. The molecule has 0 aliphatic heterocycles. The van der Waals surface area contributed by atoms with Crippen LogP contribution in [0.2, 0.25) is 0 Å². The quantitative estimate of drug-likeness (QED) is 0.0698. The van der Waals surface area contributed by atoms with Crippen LogP contribution < -0.4 is 0 Å². The van der Waals surface area contributed by atoms with Gasteiger partial charge in [-0.2, -0.15) is 0 Å². The molecule has 0 spiro atoms. The molecule has 8 nitrogen and oxygen atoms in total. The van der Waals surface area contributed by atoms with E-state index in [1.54, 1.807) is 97.1 Å². The fourth-order valence-corrected chi connectivity index (χ4v) is 12.3. The standard InChI is InChI=1S/C64H56Cl8O8/c65-25-33-1-41-17-43-3-34(26-66)4-45(58(43)74)19-46-7-36(28-68)8-49(60(46)76)21-50-11-38(30-70)12-53(62(50)78)23-54-15-40(32-72)16-56(64(54)80)24-55-14-39(31-71)13-52(63(55)79)22-51-10-37(29-69)9-48(61(51)77)20-47-6-35(27-67)5-44(59(47)75)18-42(2-33)57(41)73/h1-16,73-80H,17-32H2. The van der Waals surface area contributed by atoms with Crippen LogP contribution in [0, 0.1) is 0 Å². The summed E-state index contributed by atoms with van der Waals surface area (Å²) in [7, 11) is 0. The van der Waals surface area contributed by atoms with Gasteiger partial charge in [-0.15, -0.1) is 92.8 Å². The van der Waals surface area contributed by atoms with E-state index in [-0.39, 0.29) is 144 Å². The lowest BCUT2D eigenvalue weighted by molar-refractivity contribution is 0.451. The summed E-state index contributed by atoms with van der Waals surface area (Å²) in [6, 6.07) is 28.2. The molecule has 9 rings (SSSR count). The van der Waals surface area contributed by atoms with Crippen LogP contribution >= 0.6 is 92.8 Å². The topological polar surface area (TPSA) is 162 Å². The van der Waals surface area contributed by atoms with Crippen molar-refractivity contribution in [3.63, 3.8) is 0 Å². The molecule has 0 atom stereocenters. The lowest BCUT2D eigenvalue weighted by Crippen LogP contribution is -2.03. The lowest BCUT2D eigenvalue weighted by atomic mass is 9.89. The molecule has 0 unspecified atom stereocenters. The van der Waals surface area contributed by atoms with Crippen molar-refractivity contribution in [1.82, 2.24) is 0 Å². The molecule has 416 valence electrons. The summed E-state index contributed by atoms with van der Waals surface area (Å²) in [6.45, 7) is 0. The van der Waals surface area contributed by atoms with Gasteiger partial charge in [0.2, 0.25) is 0 Å². The number of aromatic hydroxyl groups is 8. The Balaban J connectivity index is 1.23. The Morgan fingerprint density at radius 3 is 0.312 bits per heavy atom. The van der Waals surface area contributed by atoms with E-state index in [0.717, 1.165) is 0 Å². The van der Waals surface area contributed by atoms with Crippen LogP contribution in [-0.2, 0) is 98.4 Å². The van der Waals surface area contributed by atoms with Crippen molar-refractivity contribution in [2.24, 2.45) is 0 Å². The van der Waals surface area contributed by atoms with Crippen LogP contribution in [-0.4, -0.2) is 40.9 Å². The summed E-state index contributed by atoms with van der Waals surface area (Å²) < 4.78 is 0. The van der Waals surface area contributed by atoms with Crippen LogP contribution in [0.1, 0.15) is 134 Å². The van der Waals surface area contributed by atoms with E-state index < -0.39 is 0 Å². The number of halogens is 8. The zero-order valence-electron chi connectivity index (χ0n) is 43.2. The Labute approximate surface area is 504 Å². The SMILES string of the molecule is Oc1c2cc(CCl)cc1Cc1cc(CCl)cc(c1O)Cc1cc(CCl)cc(c1O)Cc1cc(CCl)cc(c1O)Cc1cc(CCl)cc(c1O)Cc1cc(CCl)cc(c1O)Cc1cc(CCl)cc(c1O)Cc1cc(CCl)cc(c1O)C2. The van der Waals surface area contributed by atoms with Crippen LogP contribution in [0.4, 0.5) is 0 Å². The van der Waals surface area contributed by atoms with Crippen LogP contribution in [0.15, 0.2) is 97.1 Å². The predicted octanol–water partition coefficient (Wildman–Crippen LogP) is 16.3. The maximum absolute atomic E-state index is 12.1. The highest BCUT2D eigenvalue weighted by molar-refractivity contribution is 6.19. The normalized spacial score (nSPS) is 12.9. The lowest BCUT2D eigenvalue weighted by Gasteiger charge is -2.19. The third-order valence-corrected chi connectivity index (χ3v) is 17.4. The molecule has 0 aromatic heterocycles. The van der Waals surface area contributed by atoms with Gasteiger partial charge in [-0.25, -0.2) is 0 Å². The monoisotopic (exact) mass is 1230 g/mol. The summed E-state index contributed by atoms with van der Waals surface area (Å²) in [5.41, 5.74) is 12.6. The molecule has 0 radical (unpaired) electrons. The molecule has 1 aliphatic rings. The Bertz CT molecular complexity index is 2770. The summed E-state index contributed by atoms with van der Waals surface area (Å²) >= 11 is 52.1. The average molecular weight is 1240 g/mol. The van der Waals surface area contributed by atoms with Crippen molar-refractivity contribution in [3.05, 3.63) is 231 Å². The number of hydrogen-bond acceptors (Lipinski definition) is 8. The second-order valence-corrected chi connectivity index (χ2v) is 22.7. The maximum atomic E-state index is 12.1. The van der Waals surface area contributed by atoms with Gasteiger partial charge in [-0.3, -0.25) is 0 Å². The van der Waals surface area contributed by atoms with E-state index in [4.69, 9.17) is 92.8 Å². The molecule has 0 heterocycles. The molecule has 0 amide bonds. The fraction of sp³-hybridized carbons (Fsp3) is 0.250. The van der Waals surface area contributed by atoms with Crippen molar-refractivity contribution in [3.8, 4) is 46.0 Å². The van der Waals surface area contributed by atoms with Gasteiger partial charge in [0, 0.05) is 98.4 Å². The minimum absolute atomic E-state index is 0.0482. The van der Waals surface area contributed by atoms with Crippen molar-refractivity contribution < 1.29 is 40.9 Å². The third-order valence-electron chi connectivity index (χ3n) is 14.9. The minimum Gasteiger partial charge on any atom is -0.507 e. The van der Waals surface area contributed by atoms with Crippen molar-refractivity contribution >= 4 is 92.8 Å². The van der Waals surface area contributed by atoms with Crippen molar-refractivity contribution in [2.45, 2.75) is 98.4 Å². The Kier molecular flexibility index (Phi) is 19.0. The minimum atomic E-state index is -0.0762. The number of phenolic OH excluding ortho intramolecular Hbond substituents is 8. The van der Waals surface area contributed by atoms with E-state index >= 15 is 0 Å². The van der Waals surface area contributed by atoms with Crippen LogP contribution in [0.25, 0.3) is 0 Å². The van der Waals surface area contributed by atoms with Crippen molar-refractivity contribution in [2.75, 3.05) is 0 Å². The molecule has 8 aromatic carbocycles. The fourth-order valence-electron chi connectivity index (χ4n) is 11.1. The zero-order valence-corrected chi connectivity index (χ0v) is 49.2. The first kappa shape index (κ1) is 59.1. The summed E-state index contributed by atoms with van der Waals surface area (Å²) in [5.74, 6) is 0.107. The van der Waals surface area contributed by atoms with E-state index in [9.17, 15) is 40.9 Å². The second kappa shape index (κ2) is 25.7. The van der Waals surface area contributed by atoms with Crippen molar-refractivity contribution in [1.29, 1.82) is 0 Å². The molecular formula is C64H56Cl8O8. The first-order valence-electron chi connectivity index (χ1n) is 25.6. The number of phenols is 8. The molecule has 80 heavy (non-hydrogen) atoms. The van der Waals surface area contributed by atoms with Gasteiger partial charge >= 0.3 is 0 Å². The summed E-state index contributed by atoms with van der Waals surface area (Å²) in [5, 5.41) is 96.8. The Hall–Kier alpha value is -5.52. The molecule has 8 N–H and O–H groups in total. The van der Waals surface area contributed by atoms with Gasteiger partial charge in [0.15, 0.2) is 0 Å². The van der Waals surface area contributed by atoms with Gasteiger partial charge in [0.1, 0.15) is 46.0 Å². The molecule has 16 heteroatoms. The maximum Gasteiger partial charge on any atom is 0.122 e. The highest BCUT2D eigenvalue weighted by Crippen LogP contribution is 2.43. The predicted molar refractivity (Wildman–Crippen MR) is 324 cm³/mol. The number of hydrogen-bond donors (Lipinski definition) is 8. The number of rotatable bonds is 8. The molecule has 8 aromatic rings. The molecular weight excluding hydrogens is 1180 g/mol. The van der Waals surface area contributed by atoms with Gasteiger partial charge in [-0.05, 0) is 134 Å². The van der Waals surface area contributed by atoms with Gasteiger partial charge < -0.3 is 40.9 Å². The smallest absolute Gasteiger partial charge is 0.122 e. The van der Waals surface area contributed by atoms with E-state index in [1.165, 1.54) is 0 Å². The largest absolute Gasteiger partial charge is 0.507 e. The molecule has 0 saturated carbocycles. The summed E-state index contributed by atoms with van der Waals surface area (Å²) in [6.07, 6.45) is 0.386. The Morgan fingerprint density at radius 2 is 0.250 bits per heavy atom. The van der Waals surface area contributed by atoms with E-state index in [1.807, 2.05) is 0 Å². The van der Waals surface area contributed by atoms with Gasteiger partial charge in [0.25, 0.3) is 0 Å². The third kappa shape index (κ3) is 12.7. The first-order valence-corrected chi connectivity index (χ1v) is 29.9. The second-order valence-electron chi connectivity index (χ2n) is 20.6. The molecule has 0 fully saturated rings.